The van der Waals surface area contributed by atoms with Crippen LogP contribution in [0.25, 0.3) is 0 Å². The lowest BCUT2D eigenvalue weighted by Crippen LogP contribution is -2.32. The zero-order valence-corrected chi connectivity index (χ0v) is 9.60. The van der Waals surface area contributed by atoms with E-state index in [0.29, 0.717) is 0 Å². The number of nitrogens with zero attached hydrogens (tertiary/aromatic N) is 1. The molecule has 0 bridgehead atoms. The molecule has 0 amide bonds. The fraction of sp³-hybridized carbons (Fsp3) is 0.455. The van der Waals surface area contributed by atoms with Crippen molar-refractivity contribution in [2.45, 2.75) is 6.42 Å². The van der Waals surface area contributed by atoms with Crippen LogP contribution in [0.4, 0.5) is 0 Å². The molecule has 0 aliphatic rings. The summed E-state index contributed by atoms with van der Waals surface area (Å²) in [6, 6.07) is 7.86. The summed E-state index contributed by atoms with van der Waals surface area (Å²) in [7, 11) is 4.80. The van der Waals surface area contributed by atoms with Crippen LogP contribution in [0.2, 0.25) is 0 Å². The highest BCUT2D eigenvalue weighted by Gasteiger charge is 2.13. The number of likely N-dealkylation sites (N-methyl/N-ethyl adjacent to an activating group) is 1. The first-order valence-corrected chi connectivity index (χ1v) is 5.08. The number of hydrogen-bond donors (Lipinski definition) is 1. The van der Waals surface area contributed by atoms with Crippen molar-refractivity contribution in [3.63, 3.8) is 0 Å². The highest BCUT2D eigenvalue weighted by Crippen LogP contribution is 1.99. The molecule has 0 saturated carbocycles. The Bertz CT molecular complexity index is 287. The Hall–Kier alpha value is -0.835. The van der Waals surface area contributed by atoms with Gasteiger partial charge in [-0.2, -0.15) is 0 Å². The van der Waals surface area contributed by atoms with Crippen LogP contribution in [0.15, 0.2) is 24.3 Å². The molecule has 82 valence electrons. The second-order valence-electron chi connectivity index (χ2n) is 3.88. The van der Waals surface area contributed by atoms with Gasteiger partial charge >= 0.3 is 7.12 Å². The SMILES string of the molecule is COB(O)c1ccc(CCN(C)C)cc1. The summed E-state index contributed by atoms with van der Waals surface area (Å²) < 4.78 is 4.82. The van der Waals surface area contributed by atoms with Crippen molar-refractivity contribution in [1.29, 1.82) is 0 Å². The largest absolute Gasteiger partial charge is 0.490 e. The highest BCUT2D eigenvalue weighted by molar-refractivity contribution is 6.59. The molecule has 1 rings (SSSR count). The van der Waals surface area contributed by atoms with Gasteiger partial charge in [-0.3, -0.25) is 0 Å². The first kappa shape index (κ1) is 12.2. The van der Waals surface area contributed by atoms with E-state index in [4.69, 9.17) is 4.65 Å². The van der Waals surface area contributed by atoms with Crippen molar-refractivity contribution in [2.75, 3.05) is 27.7 Å². The smallest absolute Gasteiger partial charge is 0.423 e. The Morgan fingerprint density at radius 2 is 1.87 bits per heavy atom. The molecule has 0 fully saturated rings. The predicted molar refractivity (Wildman–Crippen MR) is 63.3 cm³/mol. The number of rotatable bonds is 5. The van der Waals surface area contributed by atoms with Gasteiger partial charge in [-0.05, 0) is 31.5 Å². The molecule has 1 N–H and O–H groups in total. The summed E-state index contributed by atoms with van der Waals surface area (Å²) in [6.45, 7) is 1.03. The van der Waals surface area contributed by atoms with E-state index in [1.165, 1.54) is 12.7 Å². The molecule has 0 aliphatic heterocycles. The van der Waals surface area contributed by atoms with Crippen LogP contribution in [0.1, 0.15) is 5.56 Å². The molecule has 0 atom stereocenters. The van der Waals surface area contributed by atoms with E-state index in [1.807, 2.05) is 24.3 Å². The van der Waals surface area contributed by atoms with E-state index in [1.54, 1.807) is 0 Å². The quantitative estimate of drug-likeness (QED) is 0.696. The second-order valence-corrected chi connectivity index (χ2v) is 3.88. The highest BCUT2D eigenvalue weighted by atomic mass is 16.5. The monoisotopic (exact) mass is 207 g/mol. The molecule has 0 aromatic heterocycles. The lowest BCUT2D eigenvalue weighted by atomic mass is 9.79. The Morgan fingerprint density at radius 3 is 2.33 bits per heavy atom. The van der Waals surface area contributed by atoms with Gasteiger partial charge in [-0.1, -0.05) is 24.3 Å². The number of hydrogen-bond acceptors (Lipinski definition) is 3. The van der Waals surface area contributed by atoms with Crippen LogP contribution < -0.4 is 5.46 Å². The summed E-state index contributed by atoms with van der Waals surface area (Å²) >= 11 is 0. The minimum Gasteiger partial charge on any atom is -0.423 e. The summed E-state index contributed by atoms with van der Waals surface area (Å²) in [5.41, 5.74) is 2.07. The van der Waals surface area contributed by atoms with E-state index in [0.717, 1.165) is 18.4 Å². The lowest BCUT2D eigenvalue weighted by molar-refractivity contribution is 0.341. The van der Waals surface area contributed by atoms with Crippen molar-refractivity contribution < 1.29 is 9.68 Å². The molecule has 0 spiro atoms. The van der Waals surface area contributed by atoms with Crippen LogP contribution in [0, 0.1) is 0 Å². The summed E-state index contributed by atoms with van der Waals surface area (Å²) in [5, 5.41) is 9.41. The maximum absolute atomic E-state index is 9.41. The lowest BCUT2D eigenvalue weighted by Gasteiger charge is -2.10. The van der Waals surface area contributed by atoms with Crippen molar-refractivity contribution in [2.24, 2.45) is 0 Å². The van der Waals surface area contributed by atoms with E-state index in [2.05, 4.69) is 19.0 Å². The summed E-state index contributed by atoms with van der Waals surface area (Å²) in [6.07, 6.45) is 1.02. The van der Waals surface area contributed by atoms with Crippen molar-refractivity contribution in [3.05, 3.63) is 29.8 Å². The number of benzene rings is 1. The molecule has 1 aromatic carbocycles. The minimum absolute atomic E-state index is 0.797. The van der Waals surface area contributed by atoms with E-state index in [-0.39, 0.29) is 0 Å². The van der Waals surface area contributed by atoms with Gasteiger partial charge in [-0.25, -0.2) is 0 Å². The molecule has 0 saturated heterocycles. The Morgan fingerprint density at radius 1 is 1.27 bits per heavy atom. The maximum Gasteiger partial charge on any atom is 0.490 e. The normalized spacial score (nSPS) is 10.7. The van der Waals surface area contributed by atoms with Gasteiger partial charge < -0.3 is 14.6 Å². The Balaban J connectivity index is 2.56. The third kappa shape index (κ3) is 4.04. The maximum atomic E-state index is 9.41. The molecule has 0 unspecified atom stereocenters. The molecule has 0 aliphatic carbocycles. The standard InChI is InChI=1S/C11H18BNO2/c1-13(2)9-8-10-4-6-11(7-5-10)12(14)15-3/h4-7,14H,8-9H2,1-3H3. The molecule has 15 heavy (non-hydrogen) atoms. The van der Waals surface area contributed by atoms with Crippen LogP contribution in [0.3, 0.4) is 0 Å². The molecular formula is C11H18BNO2. The van der Waals surface area contributed by atoms with Crippen LogP contribution >= 0.6 is 0 Å². The summed E-state index contributed by atoms with van der Waals surface area (Å²) in [4.78, 5) is 2.15. The molecule has 3 nitrogen and oxygen atoms in total. The average Bonchev–Trinajstić information content (AvgIpc) is 2.26. The molecule has 1 aromatic rings. The first-order valence-electron chi connectivity index (χ1n) is 5.08. The van der Waals surface area contributed by atoms with Gasteiger partial charge in [-0.15, -0.1) is 0 Å². The van der Waals surface area contributed by atoms with Gasteiger partial charge in [0.1, 0.15) is 0 Å². The zero-order chi connectivity index (χ0) is 11.3. The van der Waals surface area contributed by atoms with Crippen molar-refractivity contribution >= 4 is 12.6 Å². The summed E-state index contributed by atoms with van der Waals surface area (Å²) in [5.74, 6) is 0. The van der Waals surface area contributed by atoms with Crippen molar-refractivity contribution in [3.8, 4) is 0 Å². The Kier molecular flexibility index (Phi) is 4.82. The molecule has 4 heteroatoms. The molecule has 0 radical (unpaired) electrons. The van der Waals surface area contributed by atoms with Crippen molar-refractivity contribution in [1.82, 2.24) is 4.90 Å². The fourth-order valence-electron chi connectivity index (χ4n) is 1.34. The molecule has 0 heterocycles. The van der Waals surface area contributed by atoms with Gasteiger partial charge in [0.15, 0.2) is 0 Å². The fourth-order valence-corrected chi connectivity index (χ4v) is 1.34. The van der Waals surface area contributed by atoms with E-state index < -0.39 is 7.12 Å². The van der Waals surface area contributed by atoms with Gasteiger partial charge in [0.05, 0.1) is 0 Å². The first-order chi connectivity index (χ1) is 7.13. The predicted octanol–water partition coefficient (Wildman–Crippen LogP) is 0.125. The second kappa shape index (κ2) is 5.90. The average molecular weight is 207 g/mol. The zero-order valence-electron chi connectivity index (χ0n) is 9.60. The van der Waals surface area contributed by atoms with Crippen LogP contribution in [-0.2, 0) is 11.1 Å². The van der Waals surface area contributed by atoms with E-state index >= 15 is 0 Å². The minimum atomic E-state index is -0.812. The van der Waals surface area contributed by atoms with E-state index in [9.17, 15) is 5.02 Å². The topological polar surface area (TPSA) is 32.7 Å². The van der Waals surface area contributed by atoms with Crippen LogP contribution in [-0.4, -0.2) is 44.8 Å². The third-order valence-corrected chi connectivity index (χ3v) is 2.34. The third-order valence-electron chi connectivity index (χ3n) is 2.34. The van der Waals surface area contributed by atoms with Gasteiger partial charge in [0.25, 0.3) is 0 Å². The Labute approximate surface area is 91.8 Å². The molecular weight excluding hydrogens is 189 g/mol. The van der Waals surface area contributed by atoms with Gasteiger partial charge in [0, 0.05) is 13.7 Å². The van der Waals surface area contributed by atoms with Crippen LogP contribution in [0.5, 0.6) is 0 Å². The van der Waals surface area contributed by atoms with Gasteiger partial charge in [0.2, 0.25) is 0 Å².